The van der Waals surface area contributed by atoms with Gasteiger partial charge in [-0.3, -0.25) is 13.8 Å². The van der Waals surface area contributed by atoms with Gasteiger partial charge in [0.2, 0.25) is 15.9 Å². The zero-order valence-electron chi connectivity index (χ0n) is 19.9. The highest BCUT2D eigenvalue weighted by atomic mass is 35.5. The number of hydrogen-bond acceptors (Lipinski definition) is 6. The molecule has 3 aromatic carbocycles. The fourth-order valence-electron chi connectivity index (χ4n) is 3.34. The maximum atomic E-state index is 12.6. The Morgan fingerprint density at radius 2 is 1.54 bits per heavy atom. The van der Waals surface area contributed by atoms with Crippen LogP contribution in [0.25, 0.3) is 0 Å². The number of carbonyl (C=O) groups is 1. The smallest absolute Gasteiger partial charge is 0.261 e. The van der Waals surface area contributed by atoms with Crippen molar-refractivity contribution in [3.05, 3.63) is 76.8 Å². The zero-order valence-corrected chi connectivity index (χ0v) is 23.1. The van der Waals surface area contributed by atoms with Gasteiger partial charge in [0.05, 0.1) is 29.0 Å². The van der Waals surface area contributed by atoms with Gasteiger partial charge in [0.15, 0.2) is 0 Å². The van der Waals surface area contributed by atoms with Gasteiger partial charge in [-0.2, -0.15) is 0 Å². The number of hydrogen-bond donors (Lipinski definition) is 2. The molecule has 0 heterocycles. The molecule has 2 N–H and O–H groups in total. The van der Waals surface area contributed by atoms with Crippen molar-refractivity contribution < 1.29 is 26.4 Å². The molecule has 0 aromatic heterocycles. The van der Waals surface area contributed by atoms with E-state index in [4.69, 9.17) is 27.9 Å². The summed E-state index contributed by atoms with van der Waals surface area (Å²) in [7, 11) is -5.99. The number of methoxy groups -OCH3 is 1. The summed E-state index contributed by atoms with van der Waals surface area (Å²) in [5, 5.41) is 3.22. The lowest BCUT2D eigenvalue weighted by Crippen LogP contribution is -2.31. The van der Waals surface area contributed by atoms with Crippen LogP contribution in [0.2, 0.25) is 10.0 Å². The van der Waals surface area contributed by atoms with E-state index in [2.05, 4.69) is 10.0 Å². The molecule has 0 saturated heterocycles. The highest BCUT2D eigenvalue weighted by Gasteiger charge is 2.21. The average Bonchev–Trinajstić information content (AvgIpc) is 2.83. The molecule has 0 aliphatic heterocycles. The second-order valence-corrected chi connectivity index (χ2v) is 12.4. The molecule has 1 amide bonds. The molecular weight excluding hydrogens is 561 g/mol. The summed E-state index contributed by atoms with van der Waals surface area (Å²) < 4.78 is 58.5. The van der Waals surface area contributed by atoms with E-state index in [0.717, 1.165) is 10.6 Å². The van der Waals surface area contributed by atoms with E-state index in [1.807, 2.05) is 0 Å². The normalized spacial score (nSPS) is 11.6. The van der Waals surface area contributed by atoms with Gasteiger partial charge in [-0.25, -0.2) is 16.8 Å². The lowest BCUT2D eigenvalue weighted by Gasteiger charge is -2.23. The topological polar surface area (TPSA) is 122 Å². The van der Waals surface area contributed by atoms with Crippen LogP contribution in [-0.2, 0) is 24.8 Å². The summed E-state index contributed by atoms with van der Waals surface area (Å²) in [5.41, 5.74) is 1.00. The predicted molar refractivity (Wildman–Crippen MR) is 147 cm³/mol. The number of amides is 1. The summed E-state index contributed by atoms with van der Waals surface area (Å²) >= 11 is 12.1. The maximum absolute atomic E-state index is 12.6. The van der Waals surface area contributed by atoms with Crippen molar-refractivity contribution >= 4 is 66.2 Å². The SMILES string of the molecule is COc1ccc(NS(=O)(=O)c2ccc(NC(=O)CCCN(c3cc(Cl)ccc3Cl)S(C)(=O)=O)cc2)cc1. The van der Waals surface area contributed by atoms with Crippen LogP contribution in [0.4, 0.5) is 17.1 Å². The van der Waals surface area contributed by atoms with Crippen molar-refractivity contribution in [3.8, 4) is 5.75 Å². The van der Waals surface area contributed by atoms with Crippen molar-refractivity contribution in [1.82, 2.24) is 0 Å². The van der Waals surface area contributed by atoms with Crippen molar-refractivity contribution in [2.24, 2.45) is 0 Å². The van der Waals surface area contributed by atoms with Gasteiger partial charge in [-0.05, 0) is 73.2 Å². The monoisotopic (exact) mass is 585 g/mol. The van der Waals surface area contributed by atoms with E-state index in [-0.39, 0.29) is 40.9 Å². The Kier molecular flexibility index (Phi) is 9.30. The Labute approximate surface area is 226 Å². The third kappa shape index (κ3) is 8.00. The Hall–Kier alpha value is -2.99. The van der Waals surface area contributed by atoms with Crippen LogP contribution in [0.1, 0.15) is 12.8 Å². The summed E-state index contributed by atoms with van der Waals surface area (Å²) in [6.07, 6.45) is 1.27. The van der Waals surface area contributed by atoms with Crippen LogP contribution >= 0.6 is 23.2 Å². The average molecular weight is 587 g/mol. The highest BCUT2D eigenvalue weighted by molar-refractivity contribution is 7.92. The lowest BCUT2D eigenvalue weighted by atomic mass is 10.2. The molecule has 0 aliphatic carbocycles. The molecule has 37 heavy (non-hydrogen) atoms. The molecule has 0 spiro atoms. The summed E-state index contributed by atoms with van der Waals surface area (Å²) in [6, 6.07) is 16.6. The number of nitrogens with one attached hydrogen (secondary N) is 2. The molecule has 9 nitrogen and oxygen atoms in total. The van der Waals surface area contributed by atoms with Gasteiger partial charge < -0.3 is 10.1 Å². The van der Waals surface area contributed by atoms with Gasteiger partial charge in [0, 0.05) is 29.4 Å². The molecule has 3 rings (SSSR count). The van der Waals surface area contributed by atoms with E-state index >= 15 is 0 Å². The van der Waals surface area contributed by atoms with Gasteiger partial charge in [-0.1, -0.05) is 23.2 Å². The van der Waals surface area contributed by atoms with Crippen molar-refractivity contribution in [2.45, 2.75) is 17.7 Å². The van der Waals surface area contributed by atoms with Gasteiger partial charge in [-0.15, -0.1) is 0 Å². The minimum atomic E-state index is -3.83. The van der Waals surface area contributed by atoms with Crippen molar-refractivity contribution in [2.75, 3.05) is 34.3 Å². The van der Waals surface area contributed by atoms with Gasteiger partial charge in [0.1, 0.15) is 5.75 Å². The van der Waals surface area contributed by atoms with Crippen LogP contribution in [0, 0.1) is 0 Å². The second kappa shape index (κ2) is 12.0. The van der Waals surface area contributed by atoms with Crippen molar-refractivity contribution in [1.29, 1.82) is 0 Å². The minimum Gasteiger partial charge on any atom is -0.497 e. The van der Waals surface area contributed by atoms with Crippen LogP contribution in [0.5, 0.6) is 5.75 Å². The molecule has 0 atom stereocenters. The molecule has 0 unspecified atom stereocenters. The summed E-state index contributed by atoms with van der Waals surface area (Å²) in [6.45, 7) is 0.0144. The Morgan fingerprint density at radius 1 is 0.919 bits per heavy atom. The number of anilines is 3. The summed E-state index contributed by atoms with van der Waals surface area (Å²) in [5.74, 6) is 0.234. The number of benzene rings is 3. The first-order valence-electron chi connectivity index (χ1n) is 10.9. The number of rotatable bonds is 11. The molecular formula is C24H25Cl2N3O6S2. The number of sulfonamides is 2. The third-order valence-corrected chi connectivity index (χ3v) is 8.26. The van der Waals surface area contributed by atoms with E-state index in [0.29, 0.717) is 22.1 Å². The predicted octanol–water partition coefficient (Wildman–Crippen LogP) is 4.99. The first-order valence-corrected chi connectivity index (χ1v) is 15.0. The molecule has 0 saturated carbocycles. The van der Waals surface area contributed by atoms with Gasteiger partial charge >= 0.3 is 0 Å². The molecule has 13 heteroatoms. The quantitative estimate of drug-likeness (QED) is 0.327. The lowest BCUT2D eigenvalue weighted by molar-refractivity contribution is -0.116. The highest BCUT2D eigenvalue weighted by Crippen LogP contribution is 2.31. The first kappa shape index (κ1) is 28.6. The molecule has 0 bridgehead atoms. The largest absolute Gasteiger partial charge is 0.497 e. The molecule has 3 aromatic rings. The maximum Gasteiger partial charge on any atom is 0.261 e. The molecule has 0 fully saturated rings. The third-order valence-electron chi connectivity index (χ3n) is 5.13. The fraction of sp³-hybridized carbons (Fsp3) is 0.208. The van der Waals surface area contributed by atoms with Gasteiger partial charge in [0.25, 0.3) is 10.0 Å². The summed E-state index contributed by atoms with van der Waals surface area (Å²) in [4.78, 5) is 12.4. The number of ether oxygens (including phenoxy) is 1. The van der Waals surface area contributed by atoms with Crippen LogP contribution in [0.15, 0.2) is 71.6 Å². The van der Waals surface area contributed by atoms with Crippen molar-refractivity contribution in [3.63, 3.8) is 0 Å². The van der Waals surface area contributed by atoms with Crippen LogP contribution in [-0.4, -0.2) is 42.7 Å². The number of nitrogens with zero attached hydrogens (tertiary/aromatic N) is 1. The Bertz CT molecular complexity index is 1460. The number of carbonyl (C=O) groups excluding carboxylic acids is 1. The minimum absolute atomic E-state index is 0.0144. The zero-order chi connectivity index (χ0) is 27.2. The molecule has 0 aliphatic rings. The van der Waals surface area contributed by atoms with E-state index in [1.54, 1.807) is 30.3 Å². The Morgan fingerprint density at radius 3 is 2.14 bits per heavy atom. The Balaban J connectivity index is 1.58. The second-order valence-electron chi connectivity index (χ2n) is 7.94. The van der Waals surface area contributed by atoms with E-state index in [1.165, 1.54) is 43.5 Å². The van der Waals surface area contributed by atoms with E-state index < -0.39 is 20.0 Å². The van der Waals surface area contributed by atoms with Crippen LogP contribution < -0.4 is 19.1 Å². The first-order chi connectivity index (χ1) is 17.4. The molecule has 198 valence electrons. The standard InChI is InChI=1S/C24H25Cl2N3O6S2/c1-35-20-10-6-19(7-11-20)28-37(33,34)21-12-8-18(9-13-21)27-24(30)4-3-15-29(36(2,31)32)23-16-17(25)5-14-22(23)26/h5-14,16,28H,3-4,15H2,1-2H3,(H,27,30). The number of halogens is 2. The fourth-order valence-corrected chi connectivity index (χ4v) is 5.80. The van der Waals surface area contributed by atoms with E-state index in [9.17, 15) is 21.6 Å². The molecule has 0 radical (unpaired) electrons. The van der Waals surface area contributed by atoms with Crippen LogP contribution in [0.3, 0.4) is 0 Å².